The third-order valence-electron chi connectivity index (χ3n) is 3.65. The molecule has 94 valence electrons. The van der Waals surface area contributed by atoms with Gasteiger partial charge in [-0.15, -0.1) is 0 Å². The molecule has 0 aliphatic carbocycles. The molecule has 1 N–H and O–H groups in total. The maximum atomic E-state index is 10.8. The van der Waals surface area contributed by atoms with E-state index in [0.29, 0.717) is 0 Å². The van der Waals surface area contributed by atoms with Crippen molar-refractivity contribution >= 4 is 10.8 Å². The molecule has 0 aromatic heterocycles. The van der Waals surface area contributed by atoms with E-state index in [2.05, 4.69) is 24.3 Å². The molecular formula is C18H16O. The summed E-state index contributed by atoms with van der Waals surface area (Å²) >= 11 is 0. The van der Waals surface area contributed by atoms with Crippen molar-refractivity contribution in [3.63, 3.8) is 0 Å². The summed E-state index contributed by atoms with van der Waals surface area (Å²) in [6.07, 6.45) is 0. The molecule has 0 heterocycles. The Morgan fingerprint density at radius 2 is 1.32 bits per heavy atom. The first-order chi connectivity index (χ1) is 9.18. The fourth-order valence-corrected chi connectivity index (χ4v) is 2.42. The van der Waals surface area contributed by atoms with Crippen LogP contribution in [0.1, 0.15) is 18.1 Å². The Labute approximate surface area is 113 Å². The molecule has 3 aromatic carbocycles. The Hall–Kier alpha value is -2.12. The van der Waals surface area contributed by atoms with Gasteiger partial charge in [0.25, 0.3) is 0 Å². The third kappa shape index (κ3) is 2.13. The largest absolute Gasteiger partial charge is 0.381 e. The molecule has 1 nitrogen and oxygen atoms in total. The summed E-state index contributed by atoms with van der Waals surface area (Å²) in [6, 6.07) is 24.1. The van der Waals surface area contributed by atoms with Gasteiger partial charge in [0.1, 0.15) is 5.60 Å². The minimum absolute atomic E-state index is 0.908. The molecule has 1 heteroatoms. The zero-order chi connectivity index (χ0) is 13.3. The first kappa shape index (κ1) is 11.9. The average molecular weight is 248 g/mol. The zero-order valence-electron chi connectivity index (χ0n) is 10.9. The fourth-order valence-electron chi connectivity index (χ4n) is 2.42. The van der Waals surface area contributed by atoms with E-state index in [9.17, 15) is 5.11 Å². The molecule has 0 radical (unpaired) electrons. The second kappa shape index (κ2) is 4.52. The summed E-state index contributed by atoms with van der Waals surface area (Å²) in [5.41, 5.74) is 0.855. The highest BCUT2D eigenvalue weighted by atomic mass is 16.3. The van der Waals surface area contributed by atoms with Gasteiger partial charge in [-0.05, 0) is 34.9 Å². The van der Waals surface area contributed by atoms with Crippen molar-refractivity contribution in [3.05, 3.63) is 83.9 Å². The standard InChI is InChI=1S/C18H16O/c1-18(19,16-9-3-2-4-10-16)17-12-11-14-7-5-6-8-15(14)13-17/h2-13,19H,1H3/t18-/m1/s1. The Bertz CT molecular complexity index is 699. The molecule has 0 bridgehead atoms. The summed E-state index contributed by atoms with van der Waals surface area (Å²) in [6.45, 7) is 1.84. The monoisotopic (exact) mass is 248 g/mol. The Morgan fingerprint density at radius 3 is 2.05 bits per heavy atom. The van der Waals surface area contributed by atoms with Gasteiger partial charge in [0, 0.05) is 0 Å². The van der Waals surface area contributed by atoms with Crippen molar-refractivity contribution < 1.29 is 5.11 Å². The minimum atomic E-state index is -0.967. The van der Waals surface area contributed by atoms with E-state index in [0.717, 1.165) is 16.5 Å². The molecule has 1 atom stereocenters. The van der Waals surface area contributed by atoms with Gasteiger partial charge in [0.05, 0.1) is 0 Å². The third-order valence-corrected chi connectivity index (χ3v) is 3.65. The van der Waals surface area contributed by atoms with Crippen LogP contribution in [-0.4, -0.2) is 5.11 Å². The Morgan fingerprint density at radius 1 is 0.684 bits per heavy atom. The second-order valence-electron chi connectivity index (χ2n) is 5.00. The van der Waals surface area contributed by atoms with E-state index in [1.807, 2.05) is 55.5 Å². The van der Waals surface area contributed by atoms with Gasteiger partial charge < -0.3 is 5.11 Å². The van der Waals surface area contributed by atoms with Crippen molar-refractivity contribution in [2.24, 2.45) is 0 Å². The molecule has 0 aliphatic heterocycles. The molecular weight excluding hydrogens is 232 g/mol. The van der Waals surface area contributed by atoms with Crippen LogP contribution < -0.4 is 0 Å². The van der Waals surface area contributed by atoms with E-state index in [-0.39, 0.29) is 0 Å². The molecule has 0 unspecified atom stereocenters. The lowest BCUT2D eigenvalue weighted by Gasteiger charge is -2.25. The lowest BCUT2D eigenvalue weighted by Crippen LogP contribution is -2.22. The van der Waals surface area contributed by atoms with E-state index < -0.39 is 5.60 Å². The number of hydrogen-bond acceptors (Lipinski definition) is 1. The van der Waals surface area contributed by atoms with Crippen LogP contribution in [-0.2, 0) is 5.60 Å². The summed E-state index contributed by atoms with van der Waals surface area (Å²) in [5.74, 6) is 0. The maximum Gasteiger partial charge on any atom is 0.112 e. The predicted octanol–water partition coefficient (Wildman–Crippen LogP) is 4.10. The number of rotatable bonds is 2. The maximum absolute atomic E-state index is 10.8. The summed E-state index contributed by atoms with van der Waals surface area (Å²) in [7, 11) is 0. The van der Waals surface area contributed by atoms with Crippen LogP contribution in [0.15, 0.2) is 72.8 Å². The van der Waals surface area contributed by atoms with E-state index in [1.54, 1.807) is 0 Å². The highest BCUT2D eigenvalue weighted by Gasteiger charge is 2.25. The van der Waals surface area contributed by atoms with E-state index in [1.165, 1.54) is 5.39 Å². The molecule has 3 aromatic rings. The van der Waals surface area contributed by atoms with Gasteiger partial charge in [-0.1, -0.05) is 66.7 Å². The number of fused-ring (bicyclic) bond motifs is 1. The highest BCUT2D eigenvalue weighted by molar-refractivity contribution is 5.83. The lowest BCUT2D eigenvalue weighted by molar-refractivity contribution is 0.102. The minimum Gasteiger partial charge on any atom is -0.381 e. The van der Waals surface area contributed by atoms with Crippen LogP contribution in [0.2, 0.25) is 0 Å². The molecule has 0 aliphatic rings. The van der Waals surface area contributed by atoms with Gasteiger partial charge in [0.15, 0.2) is 0 Å². The topological polar surface area (TPSA) is 20.2 Å². The van der Waals surface area contributed by atoms with Crippen molar-refractivity contribution in [2.45, 2.75) is 12.5 Å². The van der Waals surface area contributed by atoms with Gasteiger partial charge in [-0.25, -0.2) is 0 Å². The number of benzene rings is 3. The number of aliphatic hydroxyl groups is 1. The van der Waals surface area contributed by atoms with Gasteiger partial charge >= 0.3 is 0 Å². The lowest BCUT2D eigenvalue weighted by atomic mass is 9.87. The van der Waals surface area contributed by atoms with Crippen LogP contribution in [0.3, 0.4) is 0 Å². The van der Waals surface area contributed by atoms with Crippen LogP contribution in [0.5, 0.6) is 0 Å². The first-order valence-electron chi connectivity index (χ1n) is 6.45. The number of hydrogen-bond donors (Lipinski definition) is 1. The highest BCUT2D eigenvalue weighted by Crippen LogP contribution is 2.30. The summed E-state index contributed by atoms with van der Waals surface area (Å²) in [5, 5.41) is 13.2. The molecule has 0 amide bonds. The molecule has 3 rings (SSSR count). The second-order valence-corrected chi connectivity index (χ2v) is 5.00. The smallest absolute Gasteiger partial charge is 0.112 e. The van der Waals surface area contributed by atoms with Crippen LogP contribution in [0.25, 0.3) is 10.8 Å². The Balaban J connectivity index is 2.13. The predicted molar refractivity (Wildman–Crippen MR) is 79.1 cm³/mol. The normalized spacial score (nSPS) is 14.2. The van der Waals surface area contributed by atoms with Gasteiger partial charge in [-0.2, -0.15) is 0 Å². The summed E-state index contributed by atoms with van der Waals surface area (Å²) < 4.78 is 0. The van der Waals surface area contributed by atoms with Crippen molar-refractivity contribution in [1.29, 1.82) is 0 Å². The van der Waals surface area contributed by atoms with E-state index >= 15 is 0 Å². The first-order valence-corrected chi connectivity index (χ1v) is 6.45. The zero-order valence-corrected chi connectivity index (χ0v) is 10.9. The molecule has 0 spiro atoms. The van der Waals surface area contributed by atoms with Crippen LogP contribution in [0.4, 0.5) is 0 Å². The van der Waals surface area contributed by atoms with Crippen molar-refractivity contribution in [2.75, 3.05) is 0 Å². The molecule has 0 saturated carbocycles. The van der Waals surface area contributed by atoms with Gasteiger partial charge in [-0.3, -0.25) is 0 Å². The SMILES string of the molecule is C[C@@](O)(c1ccccc1)c1ccc2ccccc2c1. The quantitative estimate of drug-likeness (QED) is 0.724. The Kier molecular flexibility index (Phi) is 2.84. The van der Waals surface area contributed by atoms with Gasteiger partial charge in [0.2, 0.25) is 0 Å². The molecule has 0 saturated heterocycles. The van der Waals surface area contributed by atoms with E-state index in [4.69, 9.17) is 0 Å². The molecule has 0 fully saturated rings. The fraction of sp³-hybridized carbons (Fsp3) is 0.111. The summed E-state index contributed by atoms with van der Waals surface area (Å²) in [4.78, 5) is 0. The molecule has 19 heavy (non-hydrogen) atoms. The van der Waals surface area contributed by atoms with Crippen LogP contribution in [0, 0.1) is 0 Å². The van der Waals surface area contributed by atoms with Crippen molar-refractivity contribution in [1.82, 2.24) is 0 Å². The average Bonchev–Trinajstić information content (AvgIpc) is 2.47. The van der Waals surface area contributed by atoms with Crippen molar-refractivity contribution in [3.8, 4) is 0 Å². The van der Waals surface area contributed by atoms with Crippen LogP contribution >= 0.6 is 0 Å².